The molecule has 2 aromatic rings. The quantitative estimate of drug-likeness (QED) is 0.685. The highest BCUT2D eigenvalue weighted by molar-refractivity contribution is 5.99. The van der Waals surface area contributed by atoms with Crippen LogP contribution in [0.5, 0.6) is 11.5 Å². The van der Waals surface area contributed by atoms with Crippen molar-refractivity contribution >= 4 is 23.6 Å². The number of ether oxygens (including phenoxy) is 2. The van der Waals surface area contributed by atoms with E-state index < -0.39 is 30.0 Å². The molecule has 6 nitrogen and oxygen atoms in total. The molecule has 0 aliphatic heterocycles. The lowest BCUT2D eigenvalue weighted by Gasteiger charge is -2.14. The Morgan fingerprint density at radius 1 is 1.07 bits per heavy atom. The molecule has 2 aromatic carbocycles. The molecule has 0 heterocycles. The number of benzene rings is 2. The van der Waals surface area contributed by atoms with Crippen LogP contribution in [0.15, 0.2) is 54.6 Å². The van der Waals surface area contributed by atoms with Crippen LogP contribution in [0.4, 0.5) is 18.9 Å². The van der Waals surface area contributed by atoms with Crippen LogP contribution in [0, 0.1) is 0 Å². The van der Waals surface area contributed by atoms with Gasteiger partial charge in [-0.2, -0.15) is 0 Å². The summed E-state index contributed by atoms with van der Waals surface area (Å²) in [7, 11) is 1.55. The van der Waals surface area contributed by atoms with Crippen molar-refractivity contribution < 1.29 is 32.2 Å². The molecule has 29 heavy (non-hydrogen) atoms. The molecule has 2 rings (SSSR count). The van der Waals surface area contributed by atoms with Gasteiger partial charge < -0.3 is 20.1 Å². The normalized spacial score (nSPS) is 12.3. The molecule has 0 aliphatic rings. The van der Waals surface area contributed by atoms with Crippen LogP contribution in [-0.2, 0) is 9.59 Å². The van der Waals surface area contributed by atoms with Gasteiger partial charge in [0.15, 0.2) is 0 Å². The average molecular weight is 408 g/mol. The molecule has 0 aliphatic carbocycles. The largest absolute Gasteiger partial charge is 0.573 e. The predicted octanol–water partition coefficient (Wildman–Crippen LogP) is 3.75. The van der Waals surface area contributed by atoms with Crippen molar-refractivity contribution in [2.24, 2.45) is 0 Å². The smallest absolute Gasteiger partial charge is 0.497 e. The molecule has 1 unspecified atom stereocenters. The zero-order chi connectivity index (χ0) is 21.4. The molecule has 9 heteroatoms. The first-order valence-electron chi connectivity index (χ1n) is 8.45. The van der Waals surface area contributed by atoms with Gasteiger partial charge in [-0.25, -0.2) is 0 Å². The van der Waals surface area contributed by atoms with Gasteiger partial charge in [0.25, 0.3) is 0 Å². The maximum absolute atomic E-state index is 12.3. The maximum atomic E-state index is 12.3. The van der Waals surface area contributed by atoms with Gasteiger partial charge in [-0.1, -0.05) is 18.2 Å². The summed E-state index contributed by atoms with van der Waals surface area (Å²) in [6, 6.07) is 10.9. The first-order valence-corrected chi connectivity index (χ1v) is 8.45. The number of hydrogen-bond acceptors (Lipinski definition) is 4. The first kappa shape index (κ1) is 21.8. The van der Waals surface area contributed by atoms with E-state index in [2.05, 4.69) is 15.4 Å². The Balaban J connectivity index is 1.90. The van der Waals surface area contributed by atoms with Crippen LogP contribution in [0.3, 0.4) is 0 Å². The summed E-state index contributed by atoms with van der Waals surface area (Å²) >= 11 is 0. The number of amides is 2. The Bertz CT molecular complexity index is 880. The summed E-state index contributed by atoms with van der Waals surface area (Å²) in [6.45, 7) is 1.45. The van der Waals surface area contributed by atoms with E-state index in [0.717, 1.165) is 17.7 Å². The second-order valence-corrected chi connectivity index (χ2v) is 5.90. The second-order valence-electron chi connectivity index (χ2n) is 5.90. The summed E-state index contributed by atoms with van der Waals surface area (Å²) < 4.78 is 45.7. The van der Waals surface area contributed by atoms with Crippen LogP contribution in [0.25, 0.3) is 6.08 Å². The van der Waals surface area contributed by atoms with Crippen molar-refractivity contribution in [3.05, 3.63) is 60.2 Å². The van der Waals surface area contributed by atoms with Gasteiger partial charge in [0.2, 0.25) is 11.8 Å². The fraction of sp³-hybridized carbons (Fsp3) is 0.200. The fourth-order valence-electron chi connectivity index (χ4n) is 2.24. The van der Waals surface area contributed by atoms with E-state index in [1.807, 2.05) is 0 Å². The Kier molecular flexibility index (Phi) is 7.24. The number of carbonyl (C=O) groups is 2. The average Bonchev–Trinajstić information content (AvgIpc) is 2.65. The van der Waals surface area contributed by atoms with E-state index in [1.165, 1.54) is 25.1 Å². The molecule has 0 saturated carbocycles. The zero-order valence-electron chi connectivity index (χ0n) is 15.6. The Morgan fingerprint density at radius 2 is 1.76 bits per heavy atom. The first-order chi connectivity index (χ1) is 13.7. The molecular formula is C20H19F3N2O4. The van der Waals surface area contributed by atoms with E-state index >= 15 is 0 Å². The van der Waals surface area contributed by atoms with Crippen LogP contribution in [0.1, 0.15) is 12.5 Å². The van der Waals surface area contributed by atoms with Crippen molar-refractivity contribution in [1.82, 2.24) is 5.32 Å². The van der Waals surface area contributed by atoms with Gasteiger partial charge in [0, 0.05) is 17.8 Å². The third kappa shape index (κ3) is 7.57. The number of alkyl halides is 3. The number of carbonyl (C=O) groups excluding carboxylic acids is 2. The minimum Gasteiger partial charge on any atom is -0.497 e. The molecule has 154 valence electrons. The van der Waals surface area contributed by atoms with Gasteiger partial charge in [0.1, 0.15) is 17.5 Å². The lowest BCUT2D eigenvalue weighted by molar-refractivity contribution is -0.274. The third-order valence-corrected chi connectivity index (χ3v) is 3.63. The fourth-order valence-corrected chi connectivity index (χ4v) is 2.24. The number of halogens is 3. The number of anilines is 1. The zero-order valence-corrected chi connectivity index (χ0v) is 15.6. The van der Waals surface area contributed by atoms with E-state index in [1.54, 1.807) is 37.5 Å². The molecule has 0 saturated heterocycles. The van der Waals surface area contributed by atoms with E-state index in [-0.39, 0.29) is 5.69 Å². The standard InChI is InChI=1S/C20H19F3N2O4/c1-13(24-18(26)11-8-14-6-9-16(28-2)10-7-14)19(27)25-15-4-3-5-17(12-15)29-20(21,22)23/h3-13H,1-2H3,(H,24,26)(H,25,27)/b11-8+. The third-order valence-electron chi connectivity index (χ3n) is 3.63. The highest BCUT2D eigenvalue weighted by Crippen LogP contribution is 2.25. The molecule has 0 bridgehead atoms. The highest BCUT2D eigenvalue weighted by Gasteiger charge is 2.31. The molecule has 1 atom stereocenters. The summed E-state index contributed by atoms with van der Waals surface area (Å²) in [5.41, 5.74) is 0.867. The molecule has 2 amide bonds. The monoisotopic (exact) mass is 408 g/mol. The van der Waals surface area contributed by atoms with Crippen LogP contribution in [-0.4, -0.2) is 31.3 Å². The summed E-state index contributed by atoms with van der Waals surface area (Å²) in [6.07, 6.45) is -2.00. The maximum Gasteiger partial charge on any atom is 0.573 e. The van der Waals surface area contributed by atoms with Gasteiger partial charge in [-0.3, -0.25) is 9.59 Å². The van der Waals surface area contributed by atoms with E-state index in [4.69, 9.17) is 4.74 Å². The predicted molar refractivity (Wildman–Crippen MR) is 101 cm³/mol. The molecular weight excluding hydrogens is 389 g/mol. The second kappa shape index (κ2) is 9.63. The number of methoxy groups -OCH3 is 1. The Morgan fingerprint density at radius 3 is 2.38 bits per heavy atom. The van der Waals surface area contributed by atoms with Crippen LogP contribution < -0.4 is 20.1 Å². The SMILES string of the molecule is COc1ccc(/C=C/C(=O)NC(C)C(=O)Nc2cccc(OC(F)(F)F)c2)cc1. The summed E-state index contributed by atoms with van der Waals surface area (Å²) in [5.74, 6) is -0.881. The summed E-state index contributed by atoms with van der Waals surface area (Å²) in [5, 5.41) is 4.89. The van der Waals surface area contributed by atoms with E-state index in [0.29, 0.717) is 5.75 Å². The Hall–Kier alpha value is -3.49. The molecule has 0 spiro atoms. The van der Waals surface area contributed by atoms with Crippen molar-refractivity contribution in [3.63, 3.8) is 0 Å². The molecule has 0 aromatic heterocycles. The van der Waals surface area contributed by atoms with E-state index in [9.17, 15) is 22.8 Å². The van der Waals surface area contributed by atoms with Crippen molar-refractivity contribution in [2.45, 2.75) is 19.3 Å². The minimum absolute atomic E-state index is 0.103. The van der Waals surface area contributed by atoms with Crippen molar-refractivity contribution in [3.8, 4) is 11.5 Å². The van der Waals surface area contributed by atoms with Crippen LogP contribution >= 0.6 is 0 Å². The number of nitrogens with one attached hydrogen (secondary N) is 2. The number of hydrogen-bond donors (Lipinski definition) is 2. The topological polar surface area (TPSA) is 76.7 Å². The van der Waals surface area contributed by atoms with Gasteiger partial charge in [-0.15, -0.1) is 13.2 Å². The van der Waals surface area contributed by atoms with Gasteiger partial charge in [-0.05, 0) is 42.8 Å². The minimum atomic E-state index is -4.83. The van der Waals surface area contributed by atoms with Crippen molar-refractivity contribution in [1.29, 1.82) is 0 Å². The van der Waals surface area contributed by atoms with Gasteiger partial charge in [0.05, 0.1) is 7.11 Å². The lowest BCUT2D eigenvalue weighted by Crippen LogP contribution is -2.40. The molecule has 0 radical (unpaired) electrons. The summed E-state index contributed by atoms with van der Waals surface area (Å²) in [4.78, 5) is 24.1. The van der Waals surface area contributed by atoms with Gasteiger partial charge >= 0.3 is 6.36 Å². The van der Waals surface area contributed by atoms with Crippen molar-refractivity contribution in [2.75, 3.05) is 12.4 Å². The highest BCUT2D eigenvalue weighted by atomic mass is 19.4. The van der Waals surface area contributed by atoms with Crippen LogP contribution in [0.2, 0.25) is 0 Å². The lowest BCUT2D eigenvalue weighted by atomic mass is 10.2. The Labute approximate surface area is 165 Å². The molecule has 2 N–H and O–H groups in total. The molecule has 0 fully saturated rings. The number of rotatable bonds is 7.